The SMILES string of the molecule is Cn1cnnc1SCC(=O)Nc1sc2c(c1C#N)CC(C)(C)NC2(C)C. The van der Waals surface area contributed by atoms with E-state index in [0.29, 0.717) is 15.7 Å². The Kier molecular flexibility index (Phi) is 4.86. The van der Waals surface area contributed by atoms with Gasteiger partial charge < -0.3 is 15.2 Å². The first-order valence-electron chi connectivity index (χ1n) is 8.25. The number of hydrogen-bond acceptors (Lipinski definition) is 7. The first-order valence-corrected chi connectivity index (χ1v) is 10.1. The quantitative estimate of drug-likeness (QED) is 0.779. The molecule has 0 atom stereocenters. The second kappa shape index (κ2) is 6.68. The van der Waals surface area contributed by atoms with E-state index in [9.17, 15) is 10.1 Å². The summed E-state index contributed by atoms with van der Waals surface area (Å²) in [5, 5.41) is 25.3. The Labute approximate surface area is 161 Å². The van der Waals surface area contributed by atoms with E-state index < -0.39 is 0 Å². The molecule has 0 saturated heterocycles. The molecule has 1 amide bonds. The van der Waals surface area contributed by atoms with Gasteiger partial charge in [-0.05, 0) is 39.7 Å². The Hall–Kier alpha value is -1.89. The first-order chi connectivity index (χ1) is 12.1. The maximum absolute atomic E-state index is 12.4. The number of nitrogens with zero attached hydrogens (tertiary/aromatic N) is 4. The number of carbonyl (C=O) groups is 1. The van der Waals surface area contributed by atoms with Crippen LogP contribution in [0.2, 0.25) is 0 Å². The number of fused-ring (bicyclic) bond motifs is 1. The number of nitriles is 1. The van der Waals surface area contributed by atoms with Crippen LogP contribution < -0.4 is 10.6 Å². The molecule has 1 aliphatic heterocycles. The van der Waals surface area contributed by atoms with Crippen molar-refractivity contribution in [2.24, 2.45) is 7.05 Å². The van der Waals surface area contributed by atoms with Gasteiger partial charge in [0.15, 0.2) is 5.16 Å². The van der Waals surface area contributed by atoms with Crippen LogP contribution in [-0.2, 0) is 23.8 Å². The van der Waals surface area contributed by atoms with Crippen molar-refractivity contribution in [3.8, 4) is 6.07 Å². The molecule has 7 nitrogen and oxygen atoms in total. The van der Waals surface area contributed by atoms with Gasteiger partial charge in [0.1, 0.15) is 17.4 Å². The van der Waals surface area contributed by atoms with Gasteiger partial charge in [0, 0.05) is 23.0 Å². The topological polar surface area (TPSA) is 95.6 Å². The fourth-order valence-corrected chi connectivity index (χ4v) is 5.36. The zero-order valence-corrected chi connectivity index (χ0v) is 17.1. The minimum absolute atomic E-state index is 0.106. The zero-order chi connectivity index (χ0) is 19.1. The highest BCUT2D eigenvalue weighted by Gasteiger charge is 2.40. The summed E-state index contributed by atoms with van der Waals surface area (Å²) in [7, 11) is 1.83. The number of hydrogen-bond donors (Lipinski definition) is 2. The molecule has 2 aromatic rings. The molecule has 138 valence electrons. The number of carbonyl (C=O) groups excluding carboxylic acids is 1. The third-order valence-electron chi connectivity index (χ3n) is 4.21. The summed E-state index contributed by atoms with van der Waals surface area (Å²) in [4.78, 5) is 13.5. The highest BCUT2D eigenvalue weighted by molar-refractivity contribution is 7.99. The lowest BCUT2D eigenvalue weighted by atomic mass is 9.81. The highest BCUT2D eigenvalue weighted by Crippen LogP contribution is 2.44. The number of aryl methyl sites for hydroxylation is 1. The van der Waals surface area contributed by atoms with Crippen LogP contribution in [-0.4, -0.2) is 32.0 Å². The number of aromatic nitrogens is 3. The van der Waals surface area contributed by atoms with Crippen LogP contribution in [0.15, 0.2) is 11.5 Å². The van der Waals surface area contributed by atoms with Gasteiger partial charge >= 0.3 is 0 Å². The third-order valence-corrected chi connectivity index (χ3v) is 6.72. The fourth-order valence-electron chi connectivity index (χ4n) is 3.43. The van der Waals surface area contributed by atoms with E-state index in [4.69, 9.17) is 0 Å². The molecule has 26 heavy (non-hydrogen) atoms. The van der Waals surface area contributed by atoms with E-state index in [-0.39, 0.29) is 22.7 Å². The van der Waals surface area contributed by atoms with Gasteiger partial charge in [0.25, 0.3) is 0 Å². The molecule has 0 fully saturated rings. The Morgan fingerprint density at radius 3 is 2.85 bits per heavy atom. The van der Waals surface area contributed by atoms with Crippen molar-refractivity contribution >= 4 is 34.0 Å². The predicted molar refractivity (Wildman–Crippen MR) is 103 cm³/mol. The normalized spacial score (nSPS) is 17.4. The zero-order valence-electron chi connectivity index (χ0n) is 15.5. The number of anilines is 1. The molecule has 0 bridgehead atoms. The number of rotatable bonds is 4. The summed E-state index contributed by atoms with van der Waals surface area (Å²) < 4.78 is 1.76. The van der Waals surface area contributed by atoms with Crippen molar-refractivity contribution in [1.82, 2.24) is 20.1 Å². The molecule has 3 heterocycles. The first kappa shape index (κ1) is 18.9. The van der Waals surface area contributed by atoms with Crippen molar-refractivity contribution in [3.63, 3.8) is 0 Å². The average molecular weight is 391 g/mol. The lowest BCUT2D eigenvalue weighted by molar-refractivity contribution is -0.113. The van der Waals surface area contributed by atoms with E-state index in [0.717, 1.165) is 16.9 Å². The van der Waals surface area contributed by atoms with Gasteiger partial charge in [-0.15, -0.1) is 21.5 Å². The van der Waals surface area contributed by atoms with E-state index in [1.165, 1.54) is 23.1 Å². The van der Waals surface area contributed by atoms with E-state index in [1.807, 2.05) is 7.05 Å². The molecule has 0 unspecified atom stereocenters. The van der Waals surface area contributed by atoms with Gasteiger partial charge in [0.05, 0.1) is 11.3 Å². The third kappa shape index (κ3) is 3.63. The van der Waals surface area contributed by atoms with E-state index >= 15 is 0 Å². The minimum atomic E-state index is -0.246. The van der Waals surface area contributed by atoms with Crippen molar-refractivity contribution in [2.45, 2.75) is 50.4 Å². The number of thiophene rings is 1. The van der Waals surface area contributed by atoms with Crippen molar-refractivity contribution in [3.05, 3.63) is 22.3 Å². The maximum atomic E-state index is 12.4. The lowest BCUT2D eigenvalue weighted by Gasteiger charge is -2.42. The van der Waals surface area contributed by atoms with Crippen molar-refractivity contribution in [2.75, 3.05) is 11.1 Å². The van der Waals surface area contributed by atoms with Crippen LogP contribution in [0.25, 0.3) is 0 Å². The molecule has 2 aromatic heterocycles. The van der Waals surface area contributed by atoms with Crippen molar-refractivity contribution in [1.29, 1.82) is 5.26 Å². The molecule has 0 spiro atoms. The largest absolute Gasteiger partial charge is 0.316 e. The predicted octanol–water partition coefficient (Wildman–Crippen LogP) is 2.64. The second-order valence-corrected chi connectivity index (χ2v) is 9.56. The second-order valence-electron chi connectivity index (χ2n) is 7.60. The Morgan fingerprint density at radius 1 is 1.50 bits per heavy atom. The standard InChI is InChI=1S/C17H22N6OS2/c1-16(2)6-10-11(7-18)14(26-13(10)17(3,4)22-16)20-12(24)8-25-15-21-19-9-23(15)5/h9,22H,6,8H2,1-5H3,(H,20,24). The smallest absolute Gasteiger partial charge is 0.235 e. The van der Waals surface area contributed by atoms with Crippen LogP contribution in [0.5, 0.6) is 0 Å². The van der Waals surface area contributed by atoms with Gasteiger partial charge in [0.2, 0.25) is 5.91 Å². The van der Waals surface area contributed by atoms with E-state index in [1.54, 1.807) is 10.9 Å². The monoisotopic (exact) mass is 390 g/mol. The molecule has 0 saturated carbocycles. The van der Waals surface area contributed by atoms with Gasteiger partial charge in [-0.25, -0.2) is 0 Å². The van der Waals surface area contributed by atoms with Crippen LogP contribution in [0, 0.1) is 11.3 Å². The molecule has 2 N–H and O–H groups in total. The summed E-state index contributed by atoms with van der Waals surface area (Å²) in [5.41, 5.74) is 1.28. The molecule has 0 aromatic carbocycles. The lowest BCUT2D eigenvalue weighted by Crippen LogP contribution is -2.54. The van der Waals surface area contributed by atoms with Crippen molar-refractivity contribution < 1.29 is 4.79 Å². The number of nitrogens with one attached hydrogen (secondary N) is 2. The summed E-state index contributed by atoms with van der Waals surface area (Å²) in [6.07, 6.45) is 2.35. The molecule has 0 aliphatic carbocycles. The summed E-state index contributed by atoms with van der Waals surface area (Å²) in [6.45, 7) is 8.48. The van der Waals surface area contributed by atoms with Crippen LogP contribution in [0.1, 0.15) is 43.7 Å². The van der Waals surface area contributed by atoms with Gasteiger partial charge in [-0.3, -0.25) is 4.79 Å². The molecular weight excluding hydrogens is 368 g/mol. The Bertz CT molecular complexity index is 890. The average Bonchev–Trinajstić information content (AvgIpc) is 3.07. The Morgan fingerprint density at radius 2 is 2.23 bits per heavy atom. The van der Waals surface area contributed by atoms with Gasteiger partial charge in [-0.1, -0.05) is 11.8 Å². The molecule has 0 radical (unpaired) electrons. The van der Waals surface area contributed by atoms with Gasteiger partial charge in [-0.2, -0.15) is 5.26 Å². The van der Waals surface area contributed by atoms with E-state index in [2.05, 4.69) is 54.6 Å². The van der Waals surface area contributed by atoms with Crippen LogP contribution >= 0.6 is 23.1 Å². The molecule has 3 rings (SSSR count). The maximum Gasteiger partial charge on any atom is 0.235 e. The Balaban J connectivity index is 1.81. The summed E-state index contributed by atoms with van der Waals surface area (Å²) in [6, 6.07) is 2.30. The molecule has 1 aliphatic rings. The number of amides is 1. The molecular formula is C17H22N6OS2. The van der Waals surface area contributed by atoms with Crippen LogP contribution in [0.4, 0.5) is 5.00 Å². The van der Waals surface area contributed by atoms with Crippen LogP contribution in [0.3, 0.4) is 0 Å². The summed E-state index contributed by atoms with van der Waals surface area (Å²) in [5.74, 6) is 0.0609. The summed E-state index contributed by atoms with van der Waals surface area (Å²) >= 11 is 2.81. The minimum Gasteiger partial charge on any atom is -0.316 e. The fraction of sp³-hybridized carbons (Fsp3) is 0.529. The highest BCUT2D eigenvalue weighted by atomic mass is 32.2. The number of thioether (sulfide) groups is 1. The molecule has 9 heteroatoms.